The molecule has 1 fully saturated rings. The van der Waals surface area contributed by atoms with Crippen LogP contribution in [0.5, 0.6) is 0 Å². The highest BCUT2D eigenvalue weighted by atomic mass is 32.3. The average molecular weight is 985 g/mol. The van der Waals surface area contributed by atoms with Crippen molar-refractivity contribution in [1.29, 1.82) is 0 Å². The molecular weight excluding hydrogens is 885 g/mol. The average Bonchev–Trinajstić information content (AvgIpc) is 3.31. The lowest BCUT2D eigenvalue weighted by Gasteiger charge is -2.41. The Labute approximate surface area is 415 Å². The summed E-state index contributed by atoms with van der Waals surface area (Å²) in [5, 5.41) is 30.8. The van der Waals surface area contributed by atoms with Gasteiger partial charge in [0.05, 0.1) is 19.8 Å². The molecule has 4 N–H and O–H groups in total. The largest absolute Gasteiger partial charge is 0.457 e. The number of unbranched alkanes of at least 4 members (excludes halogenated alkanes) is 27. The second-order valence-corrected chi connectivity index (χ2v) is 19.9. The molecule has 1 aliphatic heterocycles. The lowest BCUT2D eigenvalue weighted by atomic mass is 9.99. The molecule has 1 heterocycles. The molecule has 1 saturated heterocycles. The van der Waals surface area contributed by atoms with Gasteiger partial charge in [-0.25, -0.2) is 4.18 Å². The van der Waals surface area contributed by atoms with Gasteiger partial charge in [-0.05, 0) is 77.0 Å². The Balaban J connectivity index is 2.33. The maximum absolute atomic E-state index is 12.9. The fraction of sp³-hybridized carbons (Fsp3) is 0.836. The van der Waals surface area contributed by atoms with E-state index in [1.807, 2.05) is 0 Å². The molecule has 0 aromatic rings. The Bertz CT molecular complexity index is 1370. The maximum Gasteiger partial charge on any atom is 0.397 e. The molecule has 0 aromatic heterocycles. The number of carbonyl (C=O) groups is 1. The minimum absolute atomic E-state index is 0.0304. The predicted octanol–water partition coefficient (Wildman–Crippen LogP) is 13.1. The second-order valence-electron chi connectivity index (χ2n) is 18.8. The standard InChI is InChI=1S/C55H100O12S/c1-3-5-7-9-11-13-15-17-19-21-22-23-24-25-26-27-29-31-33-35-37-39-41-43-45-63-47-49(48-64-55-53(59)54(67-68(60,61)62)52(58)50(46-56)66-55)65-51(57)44-42-40-38-36-34-32-30-28-20-18-16-14-12-10-8-6-4-2/h15,17-18,20-22,24-25,49-50,52-56,58-59H,3-14,16,19,23,26-48H2,1-2H3,(H,60,61,62)/b17-15-,20-18-,22-21-,25-24-. The summed E-state index contributed by atoms with van der Waals surface area (Å²) in [4.78, 5) is 12.9. The van der Waals surface area contributed by atoms with E-state index < -0.39 is 59.8 Å². The molecule has 0 aliphatic carbocycles. The zero-order valence-corrected chi connectivity index (χ0v) is 43.7. The Morgan fingerprint density at radius 3 is 1.43 bits per heavy atom. The molecule has 13 heteroatoms. The van der Waals surface area contributed by atoms with E-state index in [0.29, 0.717) is 13.0 Å². The summed E-state index contributed by atoms with van der Waals surface area (Å²) in [5.74, 6) is -0.405. The zero-order chi connectivity index (χ0) is 49.6. The molecule has 6 atom stereocenters. The highest BCUT2D eigenvalue weighted by Gasteiger charge is 2.48. The van der Waals surface area contributed by atoms with E-state index in [9.17, 15) is 33.1 Å². The van der Waals surface area contributed by atoms with Crippen LogP contribution in [0.2, 0.25) is 0 Å². The van der Waals surface area contributed by atoms with Gasteiger partial charge in [-0.15, -0.1) is 0 Å². The number of esters is 1. The van der Waals surface area contributed by atoms with Crippen molar-refractivity contribution in [3.05, 3.63) is 48.6 Å². The highest BCUT2D eigenvalue weighted by molar-refractivity contribution is 7.80. The predicted molar refractivity (Wildman–Crippen MR) is 276 cm³/mol. The molecule has 0 amide bonds. The topological polar surface area (TPSA) is 178 Å². The lowest BCUT2D eigenvalue weighted by Crippen LogP contribution is -2.60. The van der Waals surface area contributed by atoms with Crippen LogP contribution < -0.4 is 0 Å². The molecule has 68 heavy (non-hydrogen) atoms. The van der Waals surface area contributed by atoms with E-state index in [0.717, 1.165) is 64.2 Å². The van der Waals surface area contributed by atoms with E-state index in [2.05, 4.69) is 66.6 Å². The summed E-state index contributed by atoms with van der Waals surface area (Å²) in [6, 6.07) is 0. The van der Waals surface area contributed by atoms with Gasteiger partial charge in [0.1, 0.15) is 30.5 Å². The number of ether oxygens (including phenoxy) is 4. The number of carbonyl (C=O) groups excluding carboxylic acids is 1. The molecular formula is C55H100O12S. The second kappa shape index (κ2) is 46.2. The molecule has 1 rings (SSSR count). The number of aliphatic hydroxyl groups is 3. The summed E-state index contributed by atoms with van der Waals surface area (Å²) >= 11 is 0. The third-order valence-corrected chi connectivity index (χ3v) is 12.9. The van der Waals surface area contributed by atoms with Gasteiger partial charge in [0.25, 0.3) is 0 Å². The molecule has 0 aromatic carbocycles. The molecule has 398 valence electrons. The quantitative estimate of drug-likeness (QED) is 0.0197. The van der Waals surface area contributed by atoms with Crippen LogP contribution in [-0.4, -0.2) is 97.5 Å². The Morgan fingerprint density at radius 2 is 0.971 bits per heavy atom. The summed E-state index contributed by atoms with van der Waals surface area (Å²) in [6.45, 7) is 3.98. The van der Waals surface area contributed by atoms with Crippen LogP contribution in [0.3, 0.4) is 0 Å². The van der Waals surface area contributed by atoms with Gasteiger partial charge in [-0.3, -0.25) is 9.35 Å². The van der Waals surface area contributed by atoms with Crippen LogP contribution >= 0.6 is 0 Å². The van der Waals surface area contributed by atoms with Crippen molar-refractivity contribution in [3.8, 4) is 0 Å². The van der Waals surface area contributed by atoms with Crippen LogP contribution in [0.1, 0.15) is 232 Å². The first-order chi connectivity index (χ1) is 33.1. The van der Waals surface area contributed by atoms with Crippen molar-refractivity contribution < 1.29 is 56.2 Å². The Hall–Kier alpha value is -1.94. The van der Waals surface area contributed by atoms with Crippen LogP contribution in [0, 0.1) is 0 Å². The van der Waals surface area contributed by atoms with Crippen LogP contribution in [-0.2, 0) is 38.3 Å². The summed E-state index contributed by atoms with van der Waals surface area (Å²) < 4.78 is 59.3. The molecule has 6 unspecified atom stereocenters. The number of allylic oxidation sites excluding steroid dienone is 8. The Morgan fingerprint density at radius 1 is 0.559 bits per heavy atom. The van der Waals surface area contributed by atoms with E-state index >= 15 is 0 Å². The molecule has 1 aliphatic rings. The van der Waals surface area contributed by atoms with Crippen molar-refractivity contribution in [3.63, 3.8) is 0 Å². The van der Waals surface area contributed by atoms with Gasteiger partial charge >= 0.3 is 16.4 Å². The third kappa shape index (κ3) is 38.8. The van der Waals surface area contributed by atoms with E-state index in [-0.39, 0.29) is 19.6 Å². The first-order valence-corrected chi connectivity index (χ1v) is 28.8. The summed E-state index contributed by atoms with van der Waals surface area (Å²) in [6.07, 6.45) is 48.5. The summed E-state index contributed by atoms with van der Waals surface area (Å²) in [7, 11) is -5.07. The molecule has 0 spiro atoms. The fourth-order valence-corrected chi connectivity index (χ4v) is 8.77. The Kier molecular flexibility index (Phi) is 43.5. The lowest BCUT2D eigenvalue weighted by molar-refractivity contribution is -0.301. The van der Waals surface area contributed by atoms with E-state index in [1.54, 1.807) is 0 Å². The molecule has 0 radical (unpaired) electrons. The smallest absolute Gasteiger partial charge is 0.397 e. The van der Waals surface area contributed by atoms with Crippen LogP contribution in [0.15, 0.2) is 48.6 Å². The highest BCUT2D eigenvalue weighted by Crippen LogP contribution is 2.26. The van der Waals surface area contributed by atoms with Crippen LogP contribution in [0.4, 0.5) is 0 Å². The van der Waals surface area contributed by atoms with Crippen molar-refractivity contribution in [2.24, 2.45) is 0 Å². The van der Waals surface area contributed by atoms with Gasteiger partial charge in [0.15, 0.2) is 6.29 Å². The number of aliphatic hydroxyl groups excluding tert-OH is 3. The number of rotatable bonds is 48. The van der Waals surface area contributed by atoms with Crippen molar-refractivity contribution >= 4 is 16.4 Å². The van der Waals surface area contributed by atoms with Crippen LogP contribution in [0.25, 0.3) is 0 Å². The SMILES string of the molecule is CCCCCCC/C=C\C/C=C\C/C=C\CCCCCCCCCCCOCC(COC1OC(CO)C(O)C(OS(=O)(=O)O)C1O)OC(=O)CCCCCCCCC/C=C\CCCCCCCC. The number of hydrogen-bond donors (Lipinski definition) is 4. The van der Waals surface area contributed by atoms with Gasteiger partial charge < -0.3 is 34.3 Å². The molecule has 0 bridgehead atoms. The minimum Gasteiger partial charge on any atom is -0.457 e. The van der Waals surface area contributed by atoms with Gasteiger partial charge in [0.2, 0.25) is 0 Å². The monoisotopic (exact) mass is 985 g/mol. The van der Waals surface area contributed by atoms with E-state index in [1.165, 1.54) is 141 Å². The zero-order valence-electron chi connectivity index (χ0n) is 42.9. The fourth-order valence-electron chi connectivity index (χ4n) is 8.26. The van der Waals surface area contributed by atoms with Crippen molar-refractivity contribution in [1.82, 2.24) is 0 Å². The van der Waals surface area contributed by atoms with Gasteiger partial charge in [-0.2, -0.15) is 8.42 Å². The molecule has 12 nitrogen and oxygen atoms in total. The molecule has 0 saturated carbocycles. The first-order valence-electron chi connectivity index (χ1n) is 27.4. The van der Waals surface area contributed by atoms with E-state index in [4.69, 9.17) is 18.9 Å². The maximum atomic E-state index is 12.9. The number of hydrogen-bond acceptors (Lipinski definition) is 11. The summed E-state index contributed by atoms with van der Waals surface area (Å²) in [5.41, 5.74) is 0. The van der Waals surface area contributed by atoms with Crippen molar-refractivity contribution in [2.45, 2.75) is 269 Å². The minimum atomic E-state index is -5.07. The van der Waals surface area contributed by atoms with Gasteiger partial charge in [-0.1, -0.05) is 197 Å². The van der Waals surface area contributed by atoms with Crippen molar-refractivity contribution in [2.75, 3.05) is 26.4 Å². The normalized spacial score (nSPS) is 19.6. The first kappa shape index (κ1) is 64.1. The third-order valence-electron chi connectivity index (χ3n) is 12.4. The van der Waals surface area contributed by atoms with Gasteiger partial charge in [0, 0.05) is 13.0 Å².